The number of nitrogens with one attached hydrogen (secondary N) is 1. The Labute approximate surface area is 133 Å². The molecule has 0 unspecified atom stereocenters. The van der Waals surface area contributed by atoms with Crippen molar-refractivity contribution in [1.29, 1.82) is 0 Å². The molecule has 1 aliphatic rings. The predicted molar refractivity (Wildman–Crippen MR) is 84.2 cm³/mol. The number of amides is 1. The summed E-state index contributed by atoms with van der Waals surface area (Å²) in [6, 6.07) is 9.40. The van der Waals surface area contributed by atoms with E-state index in [0.29, 0.717) is 17.7 Å². The Bertz CT molecular complexity index is 716. The summed E-state index contributed by atoms with van der Waals surface area (Å²) >= 11 is 0. The lowest BCUT2D eigenvalue weighted by molar-refractivity contribution is 0.0981. The quantitative estimate of drug-likeness (QED) is 0.881. The zero-order chi connectivity index (χ0) is 16.1. The Balaban J connectivity index is 1.62. The molecule has 6 heteroatoms. The lowest BCUT2D eigenvalue weighted by Crippen LogP contribution is -2.17. The number of rotatable bonds is 3. The van der Waals surface area contributed by atoms with Crippen LogP contribution in [0.15, 0.2) is 36.5 Å². The highest BCUT2D eigenvalue weighted by molar-refractivity contribution is 5.97. The maximum Gasteiger partial charge on any atom is 0.414 e. The fourth-order valence-corrected chi connectivity index (χ4v) is 2.46. The van der Waals surface area contributed by atoms with Crippen molar-refractivity contribution in [3.05, 3.63) is 53.3 Å². The lowest BCUT2D eigenvalue weighted by atomic mass is 10.1. The Kier molecular flexibility index (Phi) is 4.61. The maximum absolute atomic E-state index is 11.9. The highest BCUT2D eigenvalue weighted by Gasteiger charge is 2.18. The van der Waals surface area contributed by atoms with E-state index in [1.807, 2.05) is 30.3 Å². The molecule has 1 amide bonds. The molecule has 6 nitrogen and oxygen atoms in total. The third-order valence-corrected chi connectivity index (χ3v) is 3.66. The van der Waals surface area contributed by atoms with Gasteiger partial charge in [-0.25, -0.2) is 14.8 Å². The zero-order valence-corrected chi connectivity index (χ0v) is 12.6. The monoisotopic (exact) mass is 311 g/mol. The van der Waals surface area contributed by atoms with Crippen LogP contribution >= 0.6 is 0 Å². The molecule has 1 aromatic heterocycles. The third-order valence-electron chi connectivity index (χ3n) is 3.66. The number of carbonyl (C=O) groups is 2. The molecule has 23 heavy (non-hydrogen) atoms. The van der Waals surface area contributed by atoms with Crippen LogP contribution in [0, 0.1) is 0 Å². The molecule has 3 rings (SSSR count). The van der Waals surface area contributed by atoms with Crippen molar-refractivity contribution in [2.45, 2.75) is 32.3 Å². The number of benzene rings is 1. The van der Waals surface area contributed by atoms with Gasteiger partial charge >= 0.3 is 6.09 Å². The Morgan fingerprint density at radius 1 is 1.17 bits per heavy atom. The number of hydrogen-bond acceptors (Lipinski definition) is 5. The average molecular weight is 311 g/mol. The molecule has 0 bridgehead atoms. The first-order valence-corrected chi connectivity index (χ1v) is 7.59. The normalized spacial score (nSPS) is 13.8. The smallest absolute Gasteiger partial charge is 0.414 e. The minimum absolute atomic E-state index is 0.0655. The van der Waals surface area contributed by atoms with Gasteiger partial charge in [0.1, 0.15) is 6.61 Å². The van der Waals surface area contributed by atoms with Gasteiger partial charge in [-0.3, -0.25) is 10.1 Å². The Morgan fingerprint density at radius 2 is 1.96 bits per heavy atom. The van der Waals surface area contributed by atoms with Crippen LogP contribution in [-0.2, 0) is 17.8 Å². The van der Waals surface area contributed by atoms with Gasteiger partial charge in [0.25, 0.3) is 0 Å². The first kappa shape index (κ1) is 15.1. The second kappa shape index (κ2) is 7.00. The zero-order valence-electron chi connectivity index (χ0n) is 12.6. The van der Waals surface area contributed by atoms with Crippen LogP contribution in [0.25, 0.3) is 0 Å². The van der Waals surface area contributed by atoms with Crippen LogP contribution in [0.2, 0.25) is 0 Å². The van der Waals surface area contributed by atoms with E-state index in [9.17, 15) is 9.59 Å². The van der Waals surface area contributed by atoms with Gasteiger partial charge in [0.05, 0.1) is 11.3 Å². The van der Waals surface area contributed by atoms with Crippen LogP contribution in [0.5, 0.6) is 0 Å². The van der Waals surface area contributed by atoms with Gasteiger partial charge in [-0.05, 0) is 24.8 Å². The molecule has 0 saturated heterocycles. The molecular weight excluding hydrogens is 294 g/mol. The number of hydrogen-bond donors (Lipinski definition) is 1. The number of Topliss-reactive ketones (excluding diaryl/α,β-unsaturated/α-hetero) is 1. The molecular formula is C17H17N3O3. The average Bonchev–Trinajstić information content (AvgIpc) is 2.75. The van der Waals surface area contributed by atoms with E-state index >= 15 is 0 Å². The fourth-order valence-electron chi connectivity index (χ4n) is 2.46. The maximum atomic E-state index is 11.9. The molecule has 2 aromatic rings. The summed E-state index contributed by atoms with van der Waals surface area (Å²) in [7, 11) is 0. The van der Waals surface area contributed by atoms with Crippen molar-refractivity contribution in [3.63, 3.8) is 0 Å². The number of aromatic nitrogens is 2. The summed E-state index contributed by atoms with van der Waals surface area (Å²) in [6.07, 6.45) is 3.89. The molecule has 1 heterocycles. The highest BCUT2D eigenvalue weighted by Crippen LogP contribution is 2.19. The van der Waals surface area contributed by atoms with Gasteiger partial charge in [0.2, 0.25) is 5.95 Å². The van der Waals surface area contributed by atoms with Gasteiger partial charge in [-0.15, -0.1) is 0 Å². The van der Waals surface area contributed by atoms with E-state index in [4.69, 9.17) is 4.74 Å². The molecule has 0 spiro atoms. The number of anilines is 1. The number of fused-ring (bicyclic) bond motifs is 1. The number of ketones is 1. The molecule has 1 aliphatic carbocycles. The molecule has 1 aromatic carbocycles. The number of aryl methyl sites for hydroxylation is 1. The first-order valence-electron chi connectivity index (χ1n) is 7.59. The minimum Gasteiger partial charge on any atom is -0.444 e. The predicted octanol–water partition coefficient (Wildman–Crippen LogP) is 3.13. The van der Waals surface area contributed by atoms with Crippen molar-refractivity contribution in [2.24, 2.45) is 0 Å². The van der Waals surface area contributed by atoms with Crippen LogP contribution < -0.4 is 5.32 Å². The van der Waals surface area contributed by atoms with E-state index in [0.717, 1.165) is 24.8 Å². The summed E-state index contributed by atoms with van der Waals surface area (Å²) in [5, 5.41) is 2.50. The van der Waals surface area contributed by atoms with Crippen LogP contribution in [0.4, 0.5) is 10.7 Å². The van der Waals surface area contributed by atoms with E-state index in [1.54, 1.807) is 0 Å². The Hall–Kier alpha value is -2.76. The van der Waals surface area contributed by atoms with Crippen molar-refractivity contribution in [1.82, 2.24) is 9.97 Å². The number of nitrogens with zero attached hydrogens (tertiary/aromatic N) is 2. The SMILES string of the molecule is O=C(Nc1ncc2c(n1)CCCCC2=O)OCc1ccccc1. The molecule has 1 N–H and O–H groups in total. The second-order valence-corrected chi connectivity index (χ2v) is 5.37. The van der Waals surface area contributed by atoms with Crippen molar-refractivity contribution in [3.8, 4) is 0 Å². The molecule has 0 atom stereocenters. The minimum atomic E-state index is -0.617. The third kappa shape index (κ3) is 3.91. The van der Waals surface area contributed by atoms with Crippen LogP contribution in [-0.4, -0.2) is 21.8 Å². The van der Waals surface area contributed by atoms with Gasteiger partial charge in [0, 0.05) is 12.6 Å². The first-order chi connectivity index (χ1) is 11.2. The lowest BCUT2D eigenvalue weighted by Gasteiger charge is -2.08. The summed E-state index contributed by atoms with van der Waals surface area (Å²) in [6.45, 7) is 0.177. The summed E-state index contributed by atoms with van der Waals surface area (Å²) in [4.78, 5) is 32.0. The molecule has 0 radical (unpaired) electrons. The molecule has 118 valence electrons. The highest BCUT2D eigenvalue weighted by atomic mass is 16.5. The van der Waals surface area contributed by atoms with E-state index in [1.165, 1.54) is 6.20 Å². The number of carbonyl (C=O) groups excluding carboxylic acids is 2. The van der Waals surface area contributed by atoms with Gasteiger partial charge in [-0.2, -0.15) is 0 Å². The van der Waals surface area contributed by atoms with E-state index < -0.39 is 6.09 Å². The van der Waals surface area contributed by atoms with Gasteiger partial charge in [0.15, 0.2) is 5.78 Å². The standard InChI is InChI=1S/C17H17N3O3/c21-15-9-5-4-8-14-13(15)10-18-16(19-14)20-17(22)23-11-12-6-2-1-3-7-12/h1-3,6-7,10H,4-5,8-9,11H2,(H,18,19,20,22). The molecule has 0 saturated carbocycles. The topological polar surface area (TPSA) is 81.2 Å². The number of ether oxygens (including phenoxy) is 1. The van der Waals surface area contributed by atoms with Crippen molar-refractivity contribution in [2.75, 3.05) is 5.32 Å². The van der Waals surface area contributed by atoms with E-state index in [2.05, 4.69) is 15.3 Å². The Morgan fingerprint density at radius 3 is 2.78 bits per heavy atom. The summed E-state index contributed by atoms with van der Waals surface area (Å²) < 4.78 is 5.12. The largest absolute Gasteiger partial charge is 0.444 e. The molecule has 0 fully saturated rings. The van der Waals surface area contributed by atoms with Crippen LogP contribution in [0.3, 0.4) is 0 Å². The van der Waals surface area contributed by atoms with Crippen LogP contribution in [0.1, 0.15) is 40.9 Å². The van der Waals surface area contributed by atoms with Gasteiger partial charge in [-0.1, -0.05) is 30.3 Å². The molecule has 0 aliphatic heterocycles. The van der Waals surface area contributed by atoms with E-state index in [-0.39, 0.29) is 18.3 Å². The van der Waals surface area contributed by atoms with Crippen molar-refractivity contribution < 1.29 is 14.3 Å². The van der Waals surface area contributed by atoms with Crippen molar-refractivity contribution >= 4 is 17.8 Å². The fraction of sp³-hybridized carbons (Fsp3) is 0.294. The van der Waals surface area contributed by atoms with Gasteiger partial charge < -0.3 is 4.74 Å². The summed E-state index contributed by atoms with van der Waals surface area (Å²) in [5.74, 6) is 0.229. The summed E-state index contributed by atoms with van der Waals surface area (Å²) in [5.41, 5.74) is 2.16. The second-order valence-electron chi connectivity index (χ2n) is 5.37.